The lowest BCUT2D eigenvalue weighted by atomic mass is 10.2. The molecule has 0 saturated carbocycles. The molecule has 2 N–H and O–H groups in total. The Morgan fingerprint density at radius 3 is 1.55 bits per heavy atom. The van der Waals surface area contributed by atoms with Crippen molar-refractivity contribution in [3.63, 3.8) is 0 Å². The maximum Gasteiger partial charge on any atom is 0.441 e. The molecule has 4 rings (SSSR count). The zero-order chi connectivity index (χ0) is 40.4. The van der Waals surface area contributed by atoms with E-state index in [0.29, 0.717) is 33.4 Å². The van der Waals surface area contributed by atoms with E-state index in [4.69, 9.17) is 28.4 Å². The average Bonchev–Trinajstić information content (AvgIpc) is 3.56. The van der Waals surface area contributed by atoms with Crippen LogP contribution >= 0.6 is 22.6 Å². The fraction of sp³-hybridized carbons (Fsp3) is 0.571. The summed E-state index contributed by atoms with van der Waals surface area (Å²) in [6, 6.07) is 1.19. The first-order valence-corrected chi connectivity index (χ1v) is 15.8. The number of alkyl halides is 7. The number of hydrogen-bond acceptors (Lipinski definition) is 14. The highest BCUT2D eigenvalue weighted by Crippen LogP contribution is 2.32. The summed E-state index contributed by atoms with van der Waals surface area (Å²) in [6.45, 7) is 4.33. The summed E-state index contributed by atoms with van der Waals surface area (Å²) in [5.74, 6) is -2.32. The lowest BCUT2D eigenvalue weighted by molar-refractivity contribution is -0.157. The van der Waals surface area contributed by atoms with E-state index in [1.54, 1.807) is 4.98 Å². The molecule has 2 fully saturated rings. The van der Waals surface area contributed by atoms with E-state index in [-0.39, 0.29) is 26.1 Å². The standard InChI is InChI=1S/C14H15F3N2O7.C13H16N2O7.CF3I/c1-6(20)24-5-10-9(25-7(2)21)3-11(26-10)19-4-8(14(15,16)17)12(22)18-13(19)23;1-7(16)20-6-10-9(21-8(2)17)5-12(22-10)15-4-3-11(18)14-13(15)19;2-1(3,4)5/h4,9-11H,3,5H2,1-2H3,(H,18,22,23);3-4,9-10,12H,5-6H2,1-2H3,(H,14,18,19);/t9-,10-,11-;9-,10-,12-;/m11./s1. The number of carbonyl (C=O) groups excluding carboxylic acids is 4. The highest BCUT2D eigenvalue weighted by Gasteiger charge is 2.42. The maximum absolute atomic E-state index is 12.9. The van der Waals surface area contributed by atoms with Gasteiger partial charge in [0, 0.05) is 81.6 Å². The van der Waals surface area contributed by atoms with Crippen molar-refractivity contribution in [3.8, 4) is 0 Å². The SMILES string of the molecule is CC(=O)OC[C@H]1O[C@@H](n2cc(C(F)(F)F)c(=O)[nH]c2=O)C[C@H]1OC(C)=O.CC(=O)OC[C@H]1O[C@@H](n2ccc(=O)[nH]c2=O)C[C@H]1OC(C)=O.FC(F)(F)I. The molecule has 2 saturated heterocycles. The molecule has 0 unspecified atom stereocenters. The first-order valence-electron chi connectivity index (χ1n) is 14.8. The third-order valence-corrected chi connectivity index (χ3v) is 6.64. The molecule has 0 spiro atoms. The number of ether oxygens (including phenoxy) is 6. The van der Waals surface area contributed by atoms with Gasteiger partial charge in [0.05, 0.1) is 0 Å². The van der Waals surface area contributed by atoms with Crippen molar-refractivity contribution in [2.75, 3.05) is 13.2 Å². The highest BCUT2D eigenvalue weighted by atomic mass is 127. The van der Waals surface area contributed by atoms with Gasteiger partial charge in [-0.25, -0.2) is 9.59 Å². The summed E-state index contributed by atoms with van der Waals surface area (Å²) in [5, 5.41) is 0. The molecule has 296 valence electrons. The monoisotopic (exact) mass is 888 g/mol. The number of rotatable bonds is 8. The zero-order valence-electron chi connectivity index (χ0n) is 27.8. The first-order chi connectivity index (χ1) is 24.3. The molecular formula is C28H31F6IN4O14. The Bertz CT molecular complexity index is 1850. The van der Waals surface area contributed by atoms with Crippen molar-refractivity contribution in [1.29, 1.82) is 0 Å². The minimum atomic E-state index is -4.98. The van der Waals surface area contributed by atoms with E-state index in [1.807, 2.05) is 0 Å². The number of hydrogen-bond donors (Lipinski definition) is 2. The van der Waals surface area contributed by atoms with Gasteiger partial charge in [0.15, 0.2) is 0 Å². The highest BCUT2D eigenvalue weighted by molar-refractivity contribution is 14.1. The van der Waals surface area contributed by atoms with Crippen LogP contribution in [-0.2, 0) is 53.8 Å². The molecule has 18 nitrogen and oxygen atoms in total. The van der Waals surface area contributed by atoms with E-state index >= 15 is 0 Å². The third kappa shape index (κ3) is 15.2. The molecule has 0 aliphatic carbocycles. The lowest BCUT2D eigenvalue weighted by Gasteiger charge is -2.18. The fourth-order valence-corrected chi connectivity index (χ4v) is 4.67. The summed E-state index contributed by atoms with van der Waals surface area (Å²) in [5.41, 5.74) is -5.43. The topological polar surface area (TPSA) is 233 Å². The van der Waals surface area contributed by atoms with E-state index in [2.05, 4.69) is 4.98 Å². The van der Waals surface area contributed by atoms with Crippen LogP contribution in [0.2, 0.25) is 0 Å². The Morgan fingerprint density at radius 2 is 1.17 bits per heavy atom. The third-order valence-electron chi connectivity index (χ3n) is 6.64. The second-order valence-corrected chi connectivity index (χ2v) is 12.0. The van der Waals surface area contributed by atoms with Crippen LogP contribution in [-0.4, -0.2) is 84.8 Å². The molecule has 0 bridgehead atoms. The molecule has 0 aromatic carbocycles. The fourth-order valence-electron chi connectivity index (χ4n) is 4.67. The minimum absolute atomic E-state index is 0.0954. The van der Waals surface area contributed by atoms with Crippen LogP contribution in [0.25, 0.3) is 0 Å². The first kappa shape index (κ1) is 44.6. The molecule has 6 atom stereocenters. The van der Waals surface area contributed by atoms with Crippen molar-refractivity contribution in [1.82, 2.24) is 19.1 Å². The summed E-state index contributed by atoms with van der Waals surface area (Å²) in [7, 11) is 0. The molecule has 2 aliphatic rings. The van der Waals surface area contributed by atoms with Gasteiger partial charge in [-0.2, -0.15) is 26.3 Å². The number of esters is 4. The summed E-state index contributed by atoms with van der Waals surface area (Å²) in [6.07, 6.45) is -8.57. The predicted molar refractivity (Wildman–Crippen MR) is 169 cm³/mol. The van der Waals surface area contributed by atoms with E-state index < -0.39 is 99.2 Å². The van der Waals surface area contributed by atoms with Gasteiger partial charge in [-0.3, -0.25) is 47.9 Å². The van der Waals surface area contributed by atoms with Crippen LogP contribution in [0.5, 0.6) is 0 Å². The summed E-state index contributed by atoms with van der Waals surface area (Å²) < 4.78 is 98.2. The lowest BCUT2D eigenvalue weighted by Crippen LogP contribution is -2.36. The molecule has 2 aliphatic heterocycles. The van der Waals surface area contributed by atoms with Gasteiger partial charge in [-0.1, -0.05) is 0 Å². The normalized spacial score (nSPS) is 22.3. The van der Waals surface area contributed by atoms with Crippen LogP contribution in [0, 0.1) is 0 Å². The number of halogens is 7. The molecule has 4 heterocycles. The van der Waals surface area contributed by atoms with Crippen LogP contribution in [0.4, 0.5) is 26.3 Å². The van der Waals surface area contributed by atoms with Gasteiger partial charge >= 0.3 is 45.6 Å². The van der Waals surface area contributed by atoms with Gasteiger partial charge in [0.1, 0.15) is 55.6 Å². The Kier molecular flexibility index (Phi) is 16.0. The number of aromatic amines is 2. The van der Waals surface area contributed by atoms with E-state index in [9.17, 15) is 64.7 Å². The van der Waals surface area contributed by atoms with Gasteiger partial charge < -0.3 is 28.4 Å². The molecule has 0 amide bonds. The molecule has 53 heavy (non-hydrogen) atoms. The van der Waals surface area contributed by atoms with Crippen molar-refractivity contribution in [2.45, 2.75) is 87.8 Å². The summed E-state index contributed by atoms with van der Waals surface area (Å²) in [4.78, 5) is 93.9. The van der Waals surface area contributed by atoms with Gasteiger partial charge in [0.2, 0.25) is 0 Å². The van der Waals surface area contributed by atoms with Gasteiger partial charge in [-0.05, 0) is 0 Å². The smallest absolute Gasteiger partial charge is 0.441 e. The quantitative estimate of drug-likeness (QED) is 0.126. The number of aromatic nitrogens is 4. The number of nitrogens with zero attached hydrogens (tertiary/aromatic N) is 2. The average molecular weight is 888 g/mol. The number of carbonyl (C=O) groups is 4. The Hall–Kier alpha value is -4.53. The van der Waals surface area contributed by atoms with Crippen molar-refractivity contribution in [2.24, 2.45) is 0 Å². The molecular weight excluding hydrogens is 857 g/mol. The number of H-pyrrole nitrogens is 2. The number of nitrogens with one attached hydrogen (secondary N) is 2. The van der Waals surface area contributed by atoms with E-state index in [1.165, 1.54) is 30.7 Å². The maximum atomic E-state index is 12.9. The second kappa shape index (κ2) is 19.0. The van der Waals surface area contributed by atoms with Crippen LogP contribution in [0.1, 0.15) is 58.6 Å². The predicted octanol–water partition coefficient (Wildman–Crippen LogP) is 1.60. The second-order valence-electron chi connectivity index (χ2n) is 10.8. The van der Waals surface area contributed by atoms with Crippen molar-refractivity contribution >= 4 is 46.5 Å². The van der Waals surface area contributed by atoms with Gasteiger partial charge in [0.25, 0.3) is 11.1 Å². The molecule has 2 aromatic rings. The van der Waals surface area contributed by atoms with Crippen LogP contribution in [0.3, 0.4) is 0 Å². The van der Waals surface area contributed by atoms with Crippen molar-refractivity contribution in [3.05, 3.63) is 65.7 Å². The van der Waals surface area contributed by atoms with E-state index in [0.717, 1.165) is 13.8 Å². The van der Waals surface area contributed by atoms with Crippen LogP contribution in [0.15, 0.2) is 37.6 Å². The summed E-state index contributed by atoms with van der Waals surface area (Å²) >= 11 is 0.378. The minimum Gasteiger partial charge on any atom is -0.463 e. The molecule has 0 radical (unpaired) electrons. The Morgan fingerprint density at radius 1 is 0.755 bits per heavy atom. The Balaban J connectivity index is 0.000000329. The van der Waals surface area contributed by atoms with Crippen LogP contribution < -0.4 is 22.5 Å². The largest absolute Gasteiger partial charge is 0.463 e. The molecule has 2 aromatic heterocycles. The Labute approximate surface area is 305 Å². The van der Waals surface area contributed by atoms with Gasteiger partial charge in [-0.15, -0.1) is 0 Å². The van der Waals surface area contributed by atoms with Crippen molar-refractivity contribution < 1.29 is 73.9 Å². The molecule has 25 heteroatoms. The zero-order valence-corrected chi connectivity index (χ0v) is 29.9.